The van der Waals surface area contributed by atoms with Crippen LogP contribution in [0.5, 0.6) is 5.75 Å². The number of rotatable bonds is 4. The summed E-state index contributed by atoms with van der Waals surface area (Å²) >= 11 is 0. The van der Waals surface area contributed by atoms with Gasteiger partial charge in [-0.3, -0.25) is 20.4 Å². The van der Waals surface area contributed by atoms with Crippen molar-refractivity contribution in [2.45, 2.75) is 25.7 Å². The van der Waals surface area contributed by atoms with Crippen LogP contribution in [0.2, 0.25) is 0 Å². The van der Waals surface area contributed by atoms with E-state index in [0.29, 0.717) is 0 Å². The number of carbonyl (C=O) groups excluding carboxylic acids is 2. The largest absolute Gasteiger partial charge is 0.497 e. The number of ether oxygens (including phenoxy) is 1. The number of methoxy groups -OCH3 is 1. The predicted molar refractivity (Wildman–Crippen MR) is 79.5 cm³/mol. The van der Waals surface area contributed by atoms with E-state index in [4.69, 9.17) is 4.74 Å². The van der Waals surface area contributed by atoms with Gasteiger partial charge < -0.3 is 4.74 Å². The maximum Gasteiger partial charge on any atom is 0.242 e. The number of hydrogen-bond acceptors (Lipinski definition) is 3. The monoisotopic (exact) mass is 288 g/mol. The van der Waals surface area contributed by atoms with E-state index < -0.39 is 0 Å². The zero-order valence-corrected chi connectivity index (χ0v) is 12.1. The molecule has 112 valence electrons. The molecule has 0 unspecified atom stereocenters. The molecule has 0 spiro atoms. The standard InChI is InChI=1S/C16H20N2O3/c1-21-14-9-7-12(8-10-14)11-15(19)17-18-16(20)13-5-3-2-4-6-13/h2-3,7-10,13H,4-6,11H2,1H3,(H,17,19)(H,18,20)/t13-/m0/s1. The fourth-order valence-electron chi connectivity index (χ4n) is 2.24. The lowest BCUT2D eigenvalue weighted by Gasteiger charge is -2.17. The Balaban J connectivity index is 1.76. The van der Waals surface area contributed by atoms with Crippen LogP contribution < -0.4 is 15.6 Å². The highest BCUT2D eigenvalue weighted by Crippen LogP contribution is 2.17. The summed E-state index contributed by atoms with van der Waals surface area (Å²) in [5, 5.41) is 0. The van der Waals surface area contributed by atoms with Crippen molar-refractivity contribution >= 4 is 11.8 Å². The lowest BCUT2D eigenvalue weighted by molar-refractivity contribution is -0.131. The molecule has 1 aromatic rings. The number of amides is 2. The molecular formula is C16H20N2O3. The van der Waals surface area contributed by atoms with Crippen molar-refractivity contribution in [1.29, 1.82) is 0 Å². The van der Waals surface area contributed by atoms with Crippen molar-refractivity contribution < 1.29 is 14.3 Å². The predicted octanol–water partition coefficient (Wildman–Crippen LogP) is 1.74. The van der Waals surface area contributed by atoms with E-state index in [1.54, 1.807) is 19.2 Å². The summed E-state index contributed by atoms with van der Waals surface area (Å²) in [5.74, 6) is 0.344. The second-order valence-corrected chi connectivity index (χ2v) is 5.04. The molecule has 2 N–H and O–H groups in total. The zero-order chi connectivity index (χ0) is 15.1. The topological polar surface area (TPSA) is 67.4 Å². The molecule has 0 radical (unpaired) electrons. The fraction of sp³-hybridized carbons (Fsp3) is 0.375. The van der Waals surface area contributed by atoms with Crippen LogP contribution >= 0.6 is 0 Å². The number of allylic oxidation sites excluding steroid dienone is 2. The van der Waals surface area contributed by atoms with E-state index in [-0.39, 0.29) is 24.2 Å². The Labute approximate surface area is 124 Å². The van der Waals surface area contributed by atoms with Crippen LogP contribution in [-0.4, -0.2) is 18.9 Å². The normalized spacial score (nSPS) is 17.1. The summed E-state index contributed by atoms with van der Waals surface area (Å²) in [5.41, 5.74) is 5.82. The summed E-state index contributed by atoms with van der Waals surface area (Å²) in [4.78, 5) is 23.6. The van der Waals surface area contributed by atoms with Gasteiger partial charge in [-0.25, -0.2) is 0 Å². The third kappa shape index (κ3) is 4.63. The molecule has 2 rings (SSSR count). The van der Waals surface area contributed by atoms with Crippen molar-refractivity contribution in [2.75, 3.05) is 7.11 Å². The number of hydrogen-bond donors (Lipinski definition) is 2. The van der Waals surface area contributed by atoms with Gasteiger partial charge in [0.2, 0.25) is 11.8 Å². The first-order valence-electron chi connectivity index (χ1n) is 7.05. The lowest BCUT2D eigenvalue weighted by Crippen LogP contribution is -2.45. The molecule has 1 aromatic carbocycles. The average Bonchev–Trinajstić information content (AvgIpc) is 2.54. The summed E-state index contributed by atoms with van der Waals surface area (Å²) in [6.45, 7) is 0. The van der Waals surface area contributed by atoms with Gasteiger partial charge in [0.25, 0.3) is 0 Å². The molecule has 5 heteroatoms. The summed E-state index contributed by atoms with van der Waals surface area (Å²) in [6, 6.07) is 7.25. The first-order valence-corrected chi connectivity index (χ1v) is 7.05. The summed E-state index contributed by atoms with van der Waals surface area (Å²) in [7, 11) is 1.59. The van der Waals surface area contributed by atoms with Crippen LogP contribution in [-0.2, 0) is 16.0 Å². The van der Waals surface area contributed by atoms with Gasteiger partial charge in [-0.2, -0.15) is 0 Å². The van der Waals surface area contributed by atoms with Crippen LogP contribution in [0.15, 0.2) is 36.4 Å². The minimum Gasteiger partial charge on any atom is -0.497 e. The highest BCUT2D eigenvalue weighted by Gasteiger charge is 2.18. The molecular weight excluding hydrogens is 268 g/mol. The van der Waals surface area contributed by atoms with Crippen LogP contribution in [0, 0.1) is 5.92 Å². The summed E-state index contributed by atoms with van der Waals surface area (Å²) in [6.07, 6.45) is 6.78. The molecule has 2 amide bonds. The smallest absolute Gasteiger partial charge is 0.242 e. The van der Waals surface area contributed by atoms with E-state index in [1.807, 2.05) is 18.2 Å². The molecule has 21 heavy (non-hydrogen) atoms. The van der Waals surface area contributed by atoms with Gasteiger partial charge in [0, 0.05) is 5.92 Å². The van der Waals surface area contributed by atoms with E-state index in [0.717, 1.165) is 30.6 Å². The number of hydrazine groups is 1. The molecule has 1 aliphatic rings. The molecule has 0 fully saturated rings. The van der Waals surface area contributed by atoms with E-state index in [2.05, 4.69) is 16.9 Å². The second kappa shape index (κ2) is 7.47. The SMILES string of the molecule is COc1ccc(CC(=O)NNC(=O)[C@H]2CC=CCC2)cc1. The zero-order valence-electron chi connectivity index (χ0n) is 12.1. The molecule has 0 aliphatic heterocycles. The van der Waals surface area contributed by atoms with Crippen molar-refractivity contribution in [3.63, 3.8) is 0 Å². The van der Waals surface area contributed by atoms with Crippen molar-refractivity contribution in [1.82, 2.24) is 10.9 Å². The van der Waals surface area contributed by atoms with Gasteiger partial charge in [0.05, 0.1) is 13.5 Å². The molecule has 0 aromatic heterocycles. The van der Waals surface area contributed by atoms with Crippen LogP contribution in [0.25, 0.3) is 0 Å². The number of nitrogens with one attached hydrogen (secondary N) is 2. The quantitative estimate of drug-likeness (QED) is 0.655. The number of benzene rings is 1. The third-order valence-electron chi connectivity index (χ3n) is 3.49. The third-order valence-corrected chi connectivity index (χ3v) is 3.49. The lowest BCUT2D eigenvalue weighted by atomic mass is 9.94. The molecule has 0 saturated heterocycles. The Bertz CT molecular complexity index is 523. The van der Waals surface area contributed by atoms with Crippen LogP contribution in [0.4, 0.5) is 0 Å². The van der Waals surface area contributed by atoms with Crippen molar-refractivity contribution in [3.05, 3.63) is 42.0 Å². The van der Waals surface area contributed by atoms with Gasteiger partial charge in [0.1, 0.15) is 5.75 Å². The van der Waals surface area contributed by atoms with Gasteiger partial charge in [-0.05, 0) is 37.0 Å². The maximum absolute atomic E-state index is 11.9. The van der Waals surface area contributed by atoms with Crippen molar-refractivity contribution in [2.24, 2.45) is 5.92 Å². The van der Waals surface area contributed by atoms with E-state index in [1.165, 1.54) is 0 Å². The number of carbonyl (C=O) groups is 2. The Kier molecular flexibility index (Phi) is 5.37. The molecule has 0 saturated carbocycles. The van der Waals surface area contributed by atoms with Crippen LogP contribution in [0.3, 0.4) is 0 Å². The Hall–Kier alpha value is -2.30. The highest BCUT2D eigenvalue weighted by atomic mass is 16.5. The summed E-state index contributed by atoms with van der Waals surface area (Å²) < 4.78 is 5.06. The average molecular weight is 288 g/mol. The van der Waals surface area contributed by atoms with Crippen LogP contribution in [0.1, 0.15) is 24.8 Å². The van der Waals surface area contributed by atoms with E-state index in [9.17, 15) is 9.59 Å². The second-order valence-electron chi connectivity index (χ2n) is 5.04. The minimum absolute atomic E-state index is 0.0451. The maximum atomic E-state index is 11.9. The van der Waals surface area contributed by atoms with Crippen molar-refractivity contribution in [3.8, 4) is 5.75 Å². The first-order chi connectivity index (χ1) is 10.2. The first kappa shape index (κ1) is 15.1. The van der Waals surface area contributed by atoms with Gasteiger partial charge in [0.15, 0.2) is 0 Å². The Morgan fingerprint density at radius 3 is 2.57 bits per heavy atom. The van der Waals surface area contributed by atoms with Gasteiger partial charge in [-0.1, -0.05) is 24.3 Å². The molecule has 1 aliphatic carbocycles. The molecule has 5 nitrogen and oxygen atoms in total. The van der Waals surface area contributed by atoms with Gasteiger partial charge in [-0.15, -0.1) is 0 Å². The molecule has 0 bridgehead atoms. The minimum atomic E-state index is -0.236. The molecule has 0 heterocycles. The Morgan fingerprint density at radius 2 is 1.95 bits per heavy atom. The van der Waals surface area contributed by atoms with Gasteiger partial charge >= 0.3 is 0 Å². The highest BCUT2D eigenvalue weighted by molar-refractivity contribution is 5.84. The fourth-order valence-corrected chi connectivity index (χ4v) is 2.24. The Morgan fingerprint density at radius 1 is 1.19 bits per heavy atom. The molecule has 1 atom stereocenters. The van der Waals surface area contributed by atoms with E-state index >= 15 is 0 Å².